The molecule has 1 atom stereocenters. The molecule has 0 aromatic carbocycles. The molecule has 5 nitrogen and oxygen atoms in total. The summed E-state index contributed by atoms with van der Waals surface area (Å²) in [6.45, 7) is 7.34. The summed E-state index contributed by atoms with van der Waals surface area (Å²) in [7, 11) is 1.76. The maximum atomic E-state index is 12.0. The van der Waals surface area contributed by atoms with Gasteiger partial charge in [0, 0.05) is 18.8 Å². The molecule has 1 aromatic rings. The number of hydrogen-bond donors (Lipinski definition) is 1. The summed E-state index contributed by atoms with van der Waals surface area (Å²) < 4.78 is 1.61. The van der Waals surface area contributed by atoms with Crippen LogP contribution in [0, 0.1) is 13.8 Å². The lowest BCUT2D eigenvalue weighted by Gasteiger charge is -2.10. The quantitative estimate of drug-likeness (QED) is 0.630. The van der Waals surface area contributed by atoms with E-state index in [-0.39, 0.29) is 6.04 Å². The normalized spacial score (nSPS) is 12.3. The standard InChI is InChI=1S/C12H19N3O2/c1-6-7(2)13-12(17)11(16)10-8(3)14-15(5)9(10)4/h7H,6H2,1-5H3,(H,13,17). The molecular weight excluding hydrogens is 218 g/mol. The van der Waals surface area contributed by atoms with Crippen LogP contribution >= 0.6 is 0 Å². The van der Waals surface area contributed by atoms with Crippen LogP contribution in [0.15, 0.2) is 0 Å². The number of aryl methyl sites for hydroxylation is 2. The molecule has 0 aliphatic rings. The second-order valence-corrected chi connectivity index (χ2v) is 4.28. The molecule has 5 heteroatoms. The van der Waals surface area contributed by atoms with E-state index in [2.05, 4.69) is 10.4 Å². The van der Waals surface area contributed by atoms with E-state index in [1.54, 1.807) is 25.6 Å². The van der Waals surface area contributed by atoms with Crippen molar-refractivity contribution in [3.05, 3.63) is 17.0 Å². The smallest absolute Gasteiger partial charge is 0.292 e. The van der Waals surface area contributed by atoms with E-state index in [1.807, 2.05) is 13.8 Å². The van der Waals surface area contributed by atoms with Crippen molar-refractivity contribution in [2.24, 2.45) is 7.05 Å². The minimum atomic E-state index is -0.557. The number of ketones is 1. The van der Waals surface area contributed by atoms with Gasteiger partial charge in [-0.25, -0.2) is 0 Å². The first-order chi connectivity index (χ1) is 7.88. The van der Waals surface area contributed by atoms with Crippen LogP contribution in [-0.2, 0) is 11.8 Å². The van der Waals surface area contributed by atoms with Gasteiger partial charge in [0.25, 0.3) is 11.7 Å². The average Bonchev–Trinajstić information content (AvgIpc) is 2.52. The number of nitrogens with zero attached hydrogens (tertiary/aromatic N) is 2. The van der Waals surface area contributed by atoms with Crippen molar-refractivity contribution in [2.75, 3.05) is 0 Å². The maximum Gasteiger partial charge on any atom is 0.292 e. The summed E-state index contributed by atoms with van der Waals surface area (Å²) >= 11 is 0. The fraction of sp³-hybridized carbons (Fsp3) is 0.583. The molecule has 94 valence electrons. The van der Waals surface area contributed by atoms with Gasteiger partial charge in [0.15, 0.2) is 0 Å². The van der Waals surface area contributed by atoms with Gasteiger partial charge in [-0.1, -0.05) is 6.92 Å². The van der Waals surface area contributed by atoms with Gasteiger partial charge < -0.3 is 5.32 Å². The Morgan fingerprint density at radius 2 is 2.00 bits per heavy atom. The first-order valence-electron chi connectivity index (χ1n) is 5.73. The van der Waals surface area contributed by atoms with Gasteiger partial charge in [-0.2, -0.15) is 5.10 Å². The topological polar surface area (TPSA) is 64.0 Å². The zero-order valence-electron chi connectivity index (χ0n) is 11.0. The van der Waals surface area contributed by atoms with Crippen LogP contribution in [0.3, 0.4) is 0 Å². The lowest BCUT2D eigenvalue weighted by atomic mass is 10.1. The predicted octanol–water partition coefficient (Wildman–Crippen LogP) is 1.13. The molecule has 1 rings (SSSR count). The van der Waals surface area contributed by atoms with Gasteiger partial charge >= 0.3 is 0 Å². The van der Waals surface area contributed by atoms with Gasteiger partial charge in [-0.05, 0) is 27.2 Å². The number of carbonyl (C=O) groups is 2. The number of hydrogen-bond acceptors (Lipinski definition) is 3. The molecule has 0 aliphatic carbocycles. The average molecular weight is 237 g/mol. The van der Waals surface area contributed by atoms with Crippen molar-refractivity contribution in [3.8, 4) is 0 Å². The van der Waals surface area contributed by atoms with Crippen LogP contribution in [0.2, 0.25) is 0 Å². The molecule has 1 amide bonds. The molecule has 0 spiro atoms. The maximum absolute atomic E-state index is 12.0. The summed E-state index contributed by atoms with van der Waals surface area (Å²) in [5.41, 5.74) is 1.72. The highest BCUT2D eigenvalue weighted by atomic mass is 16.2. The summed E-state index contributed by atoms with van der Waals surface area (Å²) in [6.07, 6.45) is 0.796. The summed E-state index contributed by atoms with van der Waals surface area (Å²) in [6, 6.07) is 0.00346. The summed E-state index contributed by atoms with van der Waals surface area (Å²) in [5, 5.41) is 6.80. The van der Waals surface area contributed by atoms with Crippen LogP contribution in [0.25, 0.3) is 0 Å². The van der Waals surface area contributed by atoms with Gasteiger partial charge in [-0.15, -0.1) is 0 Å². The van der Waals surface area contributed by atoms with Crippen molar-refractivity contribution in [3.63, 3.8) is 0 Å². The van der Waals surface area contributed by atoms with E-state index >= 15 is 0 Å². The van der Waals surface area contributed by atoms with Crippen LogP contribution in [-0.4, -0.2) is 27.5 Å². The van der Waals surface area contributed by atoms with E-state index in [9.17, 15) is 9.59 Å². The van der Waals surface area contributed by atoms with Crippen molar-refractivity contribution < 1.29 is 9.59 Å². The minimum Gasteiger partial charge on any atom is -0.347 e. The first-order valence-corrected chi connectivity index (χ1v) is 5.73. The number of carbonyl (C=O) groups excluding carboxylic acids is 2. The third-order valence-electron chi connectivity index (χ3n) is 2.93. The van der Waals surface area contributed by atoms with Crippen LogP contribution in [0.4, 0.5) is 0 Å². The Labute approximate surface area is 101 Å². The second kappa shape index (κ2) is 5.12. The molecule has 0 aliphatic heterocycles. The Kier molecular flexibility index (Phi) is 4.04. The Morgan fingerprint density at radius 3 is 2.41 bits per heavy atom. The molecule has 1 N–H and O–H groups in total. The van der Waals surface area contributed by atoms with E-state index in [1.165, 1.54) is 0 Å². The monoisotopic (exact) mass is 237 g/mol. The van der Waals surface area contributed by atoms with Gasteiger partial charge in [0.2, 0.25) is 0 Å². The number of Topliss-reactive ketones (excluding diaryl/α,β-unsaturated/α-hetero) is 1. The van der Waals surface area contributed by atoms with Gasteiger partial charge in [0.1, 0.15) is 0 Å². The zero-order valence-corrected chi connectivity index (χ0v) is 11.0. The Balaban J connectivity index is 2.93. The zero-order chi connectivity index (χ0) is 13.2. The van der Waals surface area contributed by atoms with Crippen LogP contribution in [0.5, 0.6) is 0 Å². The number of aromatic nitrogens is 2. The fourth-order valence-corrected chi connectivity index (χ4v) is 1.61. The molecule has 17 heavy (non-hydrogen) atoms. The van der Waals surface area contributed by atoms with Crippen LogP contribution < -0.4 is 5.32 Å². The van der Waals surface area contributed by atoms with E-state index < -0.39 is 11.7 Å². The Morgan fingerprint density at radius 1 is 1.41 bits per heavy atom. The highest BCUT2D eigenvalue weighted by Crippen LogP contribution is 2.12. The first kappa shape index (κ1) is 13.4. The molecule has 1 heterocycles. The molecule has 1 unspecified atom stereocenters. The van der Waals surface area contributed by atoms with E-state index in [0.29, 0.717) is 17.0 Å². The van der Waals surface area contributed by atoms with Gasteiger partial charge in [-0.3, -0.25) is 14.3 Å². The Bertz CT molecular complexity index is 449. The highest BCUT2D eigenvalue weighted by Gasteiger charge is 2.24. The minimum absolute atomic E-state index is 0.00346. The predicted molar refractivity (Wildman–Crippen MR) is 64.9 cm³/mol. The molecule has 0 saturated carbocycles. The SMILES string of the molecule is CCC(C)NC(=O)C(=O)c1c(C)nn(C)c1C. The Hall–Kier alpha value is -1.65. The number of rotatable bonds is 4. The van der Waals surface area contributed by atoms with Crippen molar-refractivity contribution in [2.45, 2.75) is 40.2 Å². The summed E-state index contributed by atoms with van der Waals surface area (Å²) in [4.78, 5) is 23.7. The molecule has 0 saturated heterocycles. The third-order valence-corrected chi connectivity index (χ3v) is 2.93. The molecular formula is C12H19N3O2. The molecule has 0 radical (unpaired) electrons. The van der Waals surface area contributed by atoms with E-state index in [0.717, 1.165) is 6.42 Å². The fourth-order valence-electron chi connectivity index (χ4n) is 1.61. The van der Waals surface area contributed by atoms with Crippen molar-refractivity contribution >= 4 is 11.7 Å². The number of amides is 1. The largest absolute Gasteiger partial charge is 0.347 e. The lowest BCUT2D eigenvalue weighted by molar-refractivity contribution is -0.117. The molecule has 0 fully saturated rings. The van der Waals surface area contributed by atoms with Gasteiger partial charge in [0.05, 0.1) is 11.3 Å². The number of nitrogens with one attached hydrogen (secondary N) is 1. The summed E-state index contributed by atoms with van der Waals surface area (Å²) in [5.74, 6) is -1.06. The molecule has 0 bridgehead atoms. The van der Waals surface area contributed by atoms with Crippen molar-refractivity contribution in [1.82, 2.24) is 15.1 Å². The third kappa shape index (κ3) is 2.72. The lowest BCUT2D eigenvalue weighted by Crippen LogP contribution is -2.37. The second-order valence-electron chi connectivity index (χ2n) is 4.28. The molecule has 1 aromatic heterocycles. The van der Waals surface area contributed by atoms with Crippen LogP contribution in [0.1, 0.15) is 42.0 Å². The highest BCUT2D eigenvalue weighted by molar-refractivity contribution is 6.43. The van der Waals surface area contributed by atoms with Crippen molar-refractivity contribution in [1.29, 1.82) is 0 Å². The van der Waals surface area contributed by atoms with E-state index in [4.69, 9.17) is 0 Å².